The number of rotatable bonds is 5. The van der Waals surface area contributed by atoms with Gasteiger partial charge in [0.1, 0.15) is 5.69 Å². The van der Waals surface area contributed by atoms with Gasteiger partial charge in [0.2, 0.25) is 0 Å². The zero-order chi connectivity index (χ0) is 12.1. The van der Waals surface area contributed by atoms with Crippen molar-refractivity contribution in [3.8, 4) is 0 Å². The molecule has 1 amide bonds. The lowest BCUT2D eigenvalue weighted by molar-refractivity contribution is 0.0937. The van der Waals surface area contributed by atoms with E-state index < -0.39 is 0 Å². The first kappa shape index (κ1) is 12.6. The van der Waals surface area contributed by atoms with Gasteiger partial charge in [0.15, 0.2) is 0 Å². The van der Waals surface area contributed by atoms with Gasteiger partial charge >= 0.3 is 0 Å². The van der Waals surface area contributed by atoms with Gasteiger partial charge in [-0.1, -0.05) is 6.92 Å². The second-order valence-corrected chi connectivity index (χ2v) is 4.10. The molecule has 1 heterocycles. The molecule has 1 rings (SSSR count). The van der Waals surface area contributed by atoms with Crippen molar-refractivity contribution in [3.63, 3.8) is 0 Å². The van der Waals surface area contributed by atoms with Crippen LogP contribution in [0.3, 0.4) is 0 Å². The third-order valence-electron chi connectivity index (χ3n) is 2.49. The first-order valence-corrected chi connectivity index (χ1v) is 5.35. The molecule has 0 saturated heterocycles. The van der Waals surface area contributed by atoms with Crippen LogP contribution in [-0.4, -0.2) is 28.7 Å². The molecule has 1 atom stereocenters. The first-order chi connectivity index (χ1) is 7.54. The molecular weight excluding hydrogens is 206 g/mol. The van der Waals surface area contributed by atoms with Crippen molar-refractivity contribution in [2.75, 3.05) is 18.9 Å². The zero-order valence-electron chi connectivity index (χ0n) is 9.73. The maximum absolute atomic E-state index is 11.7. The Balaban J connectivity index is 2.50. The number of anilines is 1. The Kier molecular flexibility index (Phi) is 4.37. The predicted molar refractivity (Wildman–Crippen MR) is 63.0 cm³/mol. The summed E-state index contributed by atoms with van der Waals surface area (Å²) in [5.74, 6) is 0.135. The van der Waals surface area contributed by atoms with E-state index in [4.69, 9.17) is 10.8 Å². The minimum absolute atomic E-state index is 0.135. The molecule has 1 aromatic rings. The average Bonchev–Trinajstić information content (AvgIpc) is 2.55. The topological polar surface area (TPSA) is 80.3 Å². The lowest BCUT2D eigenvalue weighted by Gasteiger charge is -2.11. The summed E-state index contributed by atoms with van der Waals surface area (Å²) in [5, 5.41) is 11.5. The van der Waals surface area contributed by atoms with Crippen molar-refractivity contribution in [2.45, 2.75) is 13.3 Å². The Labute approximate surface area is 95.3 Å². The number of aryl methyl sites for hydroxylation is 1. The van der Waals surface area contributed by atoms with Crippen LogP contribution in [0.15, 0.2) is 12.3 Å². The van der Waals surface area contributed by atoms with E-state index in [1.807, 2.05) is 6.92 Å². The summed E-state index contributed by atoms with van der Waals surface area (Å²) < 4.78 is 1.70. The summed E-state index contributed by atoms with van der Waals surface area (Å²) in [4.78, 5) is 11.7. The molecule has 1 unspecified atom stereocenters. The van der Waals surface area contributed by atoms with Crippen LogP contribution in [0.2, 0.25) is 0 Å². The number of hydrogen-bond donors (Lipinski definition) is 3. The zero-order valence-corrected chi connectivity index (χ0v) is 9.73. The third-order valence-corrected chi connectivity index (χ3v) is 2.49. The van der Waals surface area contributed by atoms with Crippen molar-refractivity contribution in [1.29, 1.82) is 0 Å². The van der Waals surface area contributed by atoms with Crippen LogP contribution in [0.1, 0.15) is 23.8 Å². The largest absolute Gasteiger partial charge is 0.397 e. The van der Waals surface area contributed by atoms with Crippen molar-refractivity contribution >= 4 is 11.6 Å². The van der Waals surface area contributed by atoms with E-state index in [0.29, 0.717) is 24.3 Å². The van der Waals surface area contributed by atoms with Crippen molar-refractivity contribution < 1.29 is 9.90 Å². The SMILES string of the molecule is CC(CCO)CNC(=O)c1cc(N)cn1C. The first-order valence-electron chi connectivity index (χ1n) is 5.35. The van der Waals surface area contributed by atoms with Gasteiger partial charge < -0.3 is 20.7 Å². The van der Waals surface area contributed by atoms with Crippen molar-refractivity contribution in [2.24, 2.45) is 13.0 Å². The fourth-order valence-corrected chi connectivity index (χ4v) is 1.50. The Morgan fingerprint density at radius 3 is 2.88 bits per heavy atom. The highest BCUT2D eigenvalue weighted by atomic mass is 16.3. The number of hydrogen-bond acceptors (Lipinski definition) is 3. The number of amides is 1. The third kappa shape index (κ3) is 3.27. The standard InChI is InChI=1S/C11H19N3O2/c1-8(3-4-15)6-13-11(16)10-5-9(12)7-14(10)2/h5,7-8,15H,3-4,6,12H2,1-2H3,(H,13,16). The molecule has 5 nitrogen and oxygen atoms in total. The summed E-state index contributed by atoms with van der Waals surface area (Å²) >= 11 is 0. The van der Waals surface area contributed by atoms with Crippen LogP contribution in [0.5, 0.6) is 0 Å². The number of aliphatic hydroxyl groups is 1. The van der Waals surface area contributed by atoms with Gasteiger partial charge in [0.05, 0.1) is 5.69 Å². The van der Waals surface area contributed by atoms with Crippen LogP contribution in [0.4, 0.5) is 5.69 Å². The highest BCUT2D eigenvalue weighted by Gasteiger charge is 2.11. The summed E-state index contributed by atoms with van der Waals surface area (Å²) in [6.07, 6.45) is 2.39. The highest BCUT2D eigenvalue weighted by Crippen LogP contribution is 2.08. The van der Waals surface area contributed by atoms with Gasteiger partial charge in [-0.05, 0) is 18.4 Å². The molecule has 0 aromatic carbocycles. The predicted octanol–water partition coefficient (Wildman–Crippen LogP) is 0.356. The van der Waals surface area contributed by atoms with E-state index in [0.717, 1.165) is 0 Å². The fraction of sp³-hybridized carbons (Fsp3) is 0.545. The number of carbonyl (C=O) groups excluding carboxylic acids is 1. The Morgan fingerprint density at radius 2 is 2.38 bits per heavy atom. The fourth-order valence-electron chi connectivity index (χ4n) is 1.50. The van der Waals surface area contributed by atoms with E-state index >= 15 is 0 Å². The van der Waals surface area contributed by atoms with Crippen LogP contribution in [-0.2, 0) is 7.05 Å². The highest BCUT2D eigenvalue weighted by molar-refractivity contribution is 5.93. The molecule has 0 bridgehead atoms. The van der Waals surface area contributed by atoms with Crippen LogP contribution in [0.25, 0.3) is 0 Å². The number of nitrogens with one attached hydrogen (secondary N) is 1. The maximum Gasteiger partial charge on any atom is 0.267 e. The molecule has 0 spiro atoms. The van der Waals surface area contributed by atoms with E-state index in [2.05, 4.69) is 5.32 Å². The normalized spacial score (nSPS) is 12.4. The summed E-state index contributed by atoms with van der Waals surface area (Å²) in [5.41, 5.74) is 6.72. The summed E-state index contributed by atoms with van der Waals surface area (Å²) in [7, 11) is 1.78. The van der Waals surface area contributed by atoms with E-state index in [9.17, 15) is 4.79 Å². The molecule has 0 radical (unpaired) electrons. The molecule has 0 aliphatic rings. The number of nitrogens with two attached hydrogens (primary N) is 1. The Morgan fingerprint density at radius 1 is 1.69 bits per heavy atom. The minimum atomic E-state index is -0.135. The van der Waals surface area contributed by atoms with Gasteiger partial charge in [0, 0.05) is 26.4 Å². The average molecular weight is 225 g/mol. The van der Waals surface area contributed by atoms with E-state index in [1.165, 1.54) is 0 Å². The Hall–Kier alpha value is -1.49. The van der Waals surface area contributed by atoms with Gasteiger partial charge in [-0.15, -0.1) is 0 Å². The van der Waals surface area contributed by atoms with E-state index in [1.54, 1.807) is 23.9 Å². The lowest BCUT2D eigenvalue weighted by Crippen LogP contribution is -2.29. The number of aromatic nitrogens is 1. The molecule has 0 saturated carbocycles. The van der Waals surface area contributed by atoms with Crippen LogP contribution >= 0.6 is 0 Å². The Bertz CT molecular complexity index is 360. The van der Waals surface area contributed by atoms with Crippen LogP contribution in [0, 0.1) is 5.92 Å². The molecular formula is C11H19N3O2. The molecule has 16 heavy (non-hydrogen) atoms. The second kappa shape index (κ2) is 5.55. The molecule has 5 heteroatoms. The molecule has 4 N–H and O–H groups in total. The molecule has 1 aromatic heterocycles. The van der Waals surface area contributed by atoms with Crippen LogP contribution < -0.4 is 11.1 Å². The molecule has 90 valence electrons. The van der Waals surface area contributed by atoms with Crippen molar-refractivity contribution in [1.82, 2.24) is 9.88 Å². The number of aliphatic hydroxyl groups excluding tert-OH is 1. The van der Waals surface area contributed by atoms with Gasteiger partial charge in [-0.3, -0.25) is 4.79 Å². The monoisotopic (exact) mass is 225 g/mol. The summed E-state index contributed by atoms with van der Waals surface area (Å²) in [6.45, 7) is 2.69. The second-order valence-electron chi connectivity index (χ2n) is 4.10. The van der Waals surface area contributed by atoms with Gasteiger partial charge in [0.25, 0.3) is 5.91 Å². The van der Waals surface area contributed by atoms with Gasteiger partial charge in [-0.25, -0.2) is 0 Å². The molecule has 0 aliphatic carbocycles. The summed E-state index contributed by atoms with van der Waals surface area (Å²) in [6, 6.07) is 1.64. The van der Waals surface area contributed by atoms with E-state index in [-0.39, 0.29) is 18.4 Å². The number of nitrogens with zero attached hydrogens (tertiary/aromatic N) is 1. The van der Waals surface area contributed by atoms with Gasteiger partial charge in [-0.2, -0.15) is 0 Å². The molecule has 0 fully saturated rings. The lowest BCUT2D eigenvalue weighted by atomic mass is 10.1. The smallest absolute Gasteiger partial charge is 0.267 e. The minimum Gasteiger partial charge on any atom is -0.397 e. The van der Waals surface area contributed by atoms with Crippen molar-refractivity contribution in [3.05, 3.63) is 18.0 Å². The molecule has 0 aliphatic heterocycles. The quantitative estimate of drug-likeness (QED) is 0.676. The number of carbonyl (C=O) groups is 1. The number of nitrogen functional groups attached to an aromatic ring is 1. The maximum atomic E-state index is 11.7.